The highest BCUT2D eigenvalue weighted by atomic mass is 19.1. The van der Waals surface area contributed by atoms with Crippen molar-refractivity contribution in [2.24, 2.45) is 0 Å². The molecule has 0 spiro atoms. The lowest BCUT2D eigenvalue weighted by molar-refractivity contribution is -0.139. The van der Waals surface area contributed by atoms with Crippen LogP contribution in [0.2, 0.25) is 0 Å². The quantitative estimate of drug-likeness (QED) is 0.0872. The van der Waals surface area contributed by atoms with Crippen molar-refractivity contribution in [2.75, 3.05) is 18.1 Å². The molecule has 0 aliphatic carbocycles. The molecule has 0 aliphatic heterocycles. The summed E-state index contributed by atoms with van der Waals surface area (Å²) in [5.74, 6) is -3.89. The highest BCUT2D eigenvalue weighted by molar-refractivity contribution is 5.97. The zero-order valence-corrected chi connectivity index (χ0v) is 26.3. The highest BCUT2D eigenvalue weighted by Gasteiger charge is 2.24. The first kappa shape index (κ1) is 35.6. The summed E-state index contributed by atoms with van der Waals surface area (Å²) in [4.78, 5) is 88.7. The lowest BCUT2D eigenvalue weighted by Gasteiger charge is -2.18. The number of ketones is 1. The predicted molar refractivity (Wildman–Crippen MR) is 175 cm³/mol. The highest BCUT2D eigenvalue weighted by Crippen LogP contribution is 2.13. The van der Waals surface area contributed by atoms with E-state index in [1.165, 1.54) is 49.6 Å². The monoisotopic (exact) mass is 675 g/mol. The fraction of sp³-hybridized carbons (Fsp3) is 0.281. The van der Waals surface area contributed by atoms with Gasteiger partial charge in [0.05, 0.1) is 24.9 Å². The molecule has 0 aliphatic rings. The molecule has 2 atom stereocenters. The molecule has 4 rings (SSSR count). The summed E-state index contributed by atoms with van der Waals surface area (Å²) in [5.41, 5.74) is 6.90. The van der Waals surface area contributed by atoms with Crippen LogP contribution in [0, 0.1) is 5.82 Å². The summed E-state index contributed by atoms with van der Waals surface area (Å²) in [6.07, 6.45) is 0.790. The second-order valence-electron chi connectivity index (χ2n) is 10.9. The molecule has 0 saturated heterocycles. The summed E-state index contributed by atoms with van der Waals surface area (Å²) in [6, 6.07) is 9.10. The minimum absolute atomic E-state index is 0.0315. The number of aromatic amines is 1. The number of Topliss-reactive ketones (excluding diaryl/α,β-unsaturated/α-hetero) is 1. The molecular formula is C32H34FN9O7. The number of amides is 3. The lowest BCUT2D eigenvalue weighted by Crippen LogP contribution is -2.46. The Morgan fingerprint density at radius 2 is 1.61 bits per heavy atom. The van der Waals surface area contributed by atoms with Crippen LogP contribution < -0.4 is 32.6 Å². The van der Waals surface area contributed by atoms with E-state index >= 15 is 0 Å². The first-order valence-corrected chi connectivity index (χ1v) is 15.1. The third-order valence-electron chi connectivity index (χ3n) is 7.31. The Hall–Kier alpha value is -6.26. The number of benzene rings is 2. The van der Waals surface area contributed by atoms with Gasteiger partial charge in [0.1, 0.15) is 23.7 Å². The normalized spacial score (nSPS) is 12.0. The van der Waals surface area contributed by atoms with Gasteiger partial charge in [-0.3, -0.25) is 29.0 Å². The number of carboxylic acids is 1. The molecule has 0 radical (unpaired) electrons. The third kappa shape index (κ3) is 10.4. The summed E-state index contributed by atoms with van der Waals surface area (Å²) in [7, 11) is 1.38. The number of carbonyl (C=O) groups is 5. The number of aliphatic carboxylic acids is 1. The van der Waals surface area contributed by atoms with Gasteiger partial charge in [-0.1, -0.05) is 12.1 Å². The summed E-state index contributed by atoms with van der Waals surface area (Å²) in [6.45, 7) is 0.194. The van der Waals surface area contributed by atoms with E-state index in [0.717, 1.165) is 0 Å². The van der Waals surface area contributed by atoms with Gasteiger partial charge in [-0.15, -0.1) is 0 Å². The summed E-state index contributed by atoms with van der Waals surface area (Å²) < 4.78 is 13.1. The van der Waals surface area contributed by atoms with Crippen LogP contribution in [0.1, 0.15) is 47.3 Å². The molecular weight excluding hydrogens is 641 g/mol. The van der Waals surface area contributed by atoms with Gasteiger partial charge in [-0.25, -0.2) is 19.2 Å². The number of H-pyrrole nitrogens is 1. The molecule has 0 fully saturated rings. The van der Waals surface area contributed by atoms with Crippen LogP contribution in [0.3, 0.4) is 0 Å². The third-order valence-corrected chi connectivity index (χ3v) is 7.31. The van der Waals surface area contributed by atoms with Crippen molar-refractivity contribution in [3.8, 4) is 0 Å². The molecule has 2 heterocycles. The number of halogens is 1. The average Bonchev–Trinajstić information content (AvgIpc) is 3.08. The number of nitrogen functional groups attached to an aromatic ring is 1. The zero-order chi connectivity index (χ0) is 35.5. The molecule has 256 valence electrons. The first-order valence-electron chi connectivity index (χ1n) is 15.1. The van der Waals surface area contributed by atoms with E-state index in [-0.39, 0.29) is 67.1 Å². The molecule has 16 nitrogen and oxygen atoms in total. The molecule has 8 N–H and O–H groups in total. The van der Waals surface area contributed by atoms with Gasteiger partial charge >= 0.3 is 5.97 Å². The number of anilines is 2. The Morgan fingerprint density at radius 3 is 2.27 bits per heavy atom. The standard InChI is InChI=1S/C32H34FN9O7/c1-35-29(46)23(39-25(44)14-17-2-6-19(33)7-3-17)12-10-22(43)11-13-24(31(48)49)40-28(45)18-4-8-20(9-5-18)36-15-21-16-37-27-26(38-21)30(47)42-32(34)41-27/h2-9,16,23-24,36H,10-15H2,1H3,(H,35,46)(H,39,44)(H,40,45)(H,48,49)(H3,34,37,41,42,47). The van der Waals surface area contributed by atoms with Crippen LogP contribution >= 0.6 is 0 Å². The molecule has 4 aromatic rings. The van der Waals surface area contributed by atoms with Crippen molar-refractivity contribution in [1.82, 2.24) is 35.9 Å². The SMILES string of the molecule is CNC(=O)C(CCC(=O)CCC(NC(=O)c1ccc(NCc2cnc3nc(N)[nH]c(=O)c3n2)cc1)C(=O)O)NC(=O)Cc1ccc(F)cc1. The van der Waals surface area contributed by atoms with Gasteiger partial charge < -0.3 is 32.1 Å². The maximum Gasteiger partial charge on any atom is 0.326 e. The minimum atomic E-state index is -1.36. The molecule has 49 heavy (non-hydrogen) atoms. The van der Waals surface area contributed by atoms with Crippen LogP contribution in [-0.4, -0.2) is 73.6 Å². The maximum absolute atomic E-state index is 13.1. The Labute approximate surface area is 278 Å². The van der Waals surface area contributed by atoms with Crippen molar-refractivity contribution in [1.29, 1.82) is 0 Å². The average molecular weight is 676 g/mol. The van der Waals surface area contributed by atoms with Crippen molar-refractivity contribution >= 4 is 52.3 Å². The van der Waals surface area contributed by atoms with Crippen molar-refractivity contribution in [3.63, 3.8) is 0 Å². The summed E-state index contributed by atoms with van der Waals surface area (Å²) in [5, 5.41) is 20.2. The topological polar surface area (TPSA) is 251 Å². The number of carboxylic acid groups (broad SMARTS) is 1. The van der Waals surface area contributed by atoms with Gasteiger partial charge in [0.2, 0.25) is 17.8 Å². The number of hydrogen-bond acceptors (Lipinski definition) is 11. The van der Waals surface area contributed by atoms with E-state index in [1.54, 1.807) is 12.1 Å². The number of nitrogens with one attached hydrogen (secondary N) is 5. The fourth-order valence-corrected chi connectivity index (χ4v) is 4.70. The first-order chi connectivity index (χ1) is 23.4. The lowest BCUT2D eigenvalue weighted by atomic mass is 10.0. The zero-order valence-electron chi connectivity index (χ0n) is 26.3. The van der Waals surface area contributed by atoms with E-state index in [0.29, 0.717) is 16.9 Å². The molecule has 3 amide bonds. The Kier molecular flexibility index (Phi) is 12.0. The minimum Gasteiger partial charge on any atom is -0.480 e. The molecule has 2 aromatic heterocycles. The van der Waals surface area contributed by atoms with Crippen molar-refractivity contribution in [3.05, 3.63) is 87.7 Å². The molecule has 2 unspecified atom stereocenters. The molecule has 0 bridgehead atoms. The van der Waals surface area contributed by atoms with Crippen LogP contribution in [0.5, 0.6) is 0 Å². The number of carbonyl (C=O) groups excluding carboxylic acids is 4. The van der Waals surface area contributed by atoms with Crippen LogP contribution in [0.4, 0.5) is 16.0 Å². The Bertz CT molecular complexity index is 1900. The number of nitrogens with zero attached hydrogens (tertiary/aromatic N) is 3. The van der Waals surface area contributed by atoms with E-state index in [2.05, 4.69) is 41.2 Å². The number of rotatable bonds is 16. The maximum atomic E-state index is 13.1. The van der Waals surface area contributed by atoms with Gasteiger partial charge in [0.15, 0.2) is 11.2 Å². The van der Waals surface area contributed by atoms with E-state index in [9.17, 15) is 38.3 Å². The van der Waals surface area contributed by atoms with Crippen LogP contribution in [0.25, 0.3) is 11.2 Å². The number of hydrogen-bond donors (Lipinski definition) is 7. The summed E-state index contributed by atoms with van der Waals surface area (Å²) >= 11 is 0. The fourth-order valence-electron chi connectivity index (χ4n) is 4.70. The molecule has 17 heteroatoms. The molecule has 0 saturated carbocycles. The van der Waals surface area contributed by atoms with Crippen molar-refractivity contribution in [2.45, 2.75) is 50.7 Å². The number of aromatic nitrogens is 4. The van der Waals surface area contributed by atoms with Gasteiger partial charge in [-0.05, 0) is 54.8 Å². The van der Waals surface area contributed by atoms with E-state index in [4.69, 9.17) is 5.73 Å². The predicted octanol–water partition coefficient (Wildman–Crippen LogP) is 0.833. The number of nitrogens with two attached hydrogens (primary N) is 1. The van der Waals surface area contributed by atoms with Gasteiger partial charge in [-0.2, -0.15) is 4.98 Å². The molecule has 2 aromatic carbocycles. The van der Waals surface area contributed by atoms with Crippen LogP contribution in [0.15, 0.2) is 59.5 Å². The van der Waals surface area contributed by atoms with Crippen LogP contribution in [-0.2, 0) is 32.1 Å². The largest absolute Gasteiger partial charge is 0.480 e. The Balaban J connectivity index is 1.25. The van der Waals surface area contributed by atoms with Gasteiger partial charge in [0.25, 0.3) is 11.5 Å². The second kappa shape index (κ2) is 16.5. The smallest absolute Gasteiger partial charge is 0.326 e. The van der Waals surface area contributed by atoms with E-state index < -0.39 is 47.2 Å². The number of fused-ring (bicyclic) bond motifs is 1. The van der Waals surface area contributed by atoms with Gasteiger partial charge in [0, 0.05) is 31.1 Å². The number of likely N-dealkylation sites (N-methyl/N-ethyl adjacent to an activating group) is 1. The second-order valence-corrected chi connectivity index (χ2v) is 10.9. The van der Waals surface area contributed by atoms with Crippen molar-refractivity contribution < 1.29 is 33.5 Å². The van der Waals surface area contributed by atoms with E-state index in [1.807, 2.05) is 0 Å². The Morgan fingerprint density at radius 1 is 0.939 bits per heavy atom.